The number of rotatable bonds is 7. The van der Waals surface area contributed by atoms with E-state index in [1.54, 1.807) is 11.3 Å². The molecule has 6 heteroatoms. The van der Waals surface area contributed by atoms with E-state index in [0.717, 1.165) is 26.5 Å². The Kier molecular flexibility index (Phi) is 7.09. The van der Waals surface area contributed by atoms with Crippen LogP contribution in [0.3, 0.4) is 0 Å². The van der Waals surface area contributed by atoms with Crippen molar-refractivity contribution >= 4 is 33.2 Å². The van der Waals surface area contributed by atoms with Crippen LogP contribution < -0.4 is 4.74 Å². The van der Waals surface area contributed by atoms with Gasteiger partial charge in [0.1, 0.15) is 17.4 Å². The van der Waals surface area contributed by atoms with Crippen LogP contribution in [0.1, 0.15) is 46.0 Å². The van der Waals surface area contributed by atoms with Crippen molar-refractivity contribution in [2.24, 2.45) is 0 Å². The quantitative estimate of drug-likeness (QED) is 0.413. The molecule has 152 valence electrons. The maximum atomic E-state index is 13.0. The highest BCUT2D eigenvalue weighted by Crippen LogP contribution is 2.23. The zero-order chi connectivity index (χ0) is 21.0. The lowest BCUT2D eigenvalue weighted by Crippen LogP contribution is -2.36. The predicted molar refractivity (Wildman–Crippen MR) is 122 cm³/mol. The molecule has 1 heterocycles. The number of carbonyl (C=O) groups is 1. The second-order valence-corrected chi connectivity index (χ2v) is 9.11. The molecule has 0 saturated heterocycles. The number of hydrogen-bond donors (Lipinski definition) is 0. The summed E-state index contributed by atoms with van der Waals surface area (Å²) in [6.07, 6.45) is 0. The van der Waals surface area contributed by atoms with E-state index in [1.165, 1.54) is 5.56 Å². The summed E-state index contributed by atoms with van der Waals surface area (Å²) in [6, 6.07) is 13.6. The molecule has 0 saturated carbocycles. The minimum absolute atomic E-state index is 0.00230. The van der Waals surface area contributed by atoms with Gasteiger partial charge in [-0.2, -0.15) is 0 Å². The monoisotopic (exact) mass is 472 g/mol. The molecular formula is C23H25BrN2O2S. The molecule has 0 spiro atoms. The lowest BCUT2D eigenvalue weighted by molar-refractivity contribution is 0.0688. The average Bonchev–Trinajstić information content (AvgIpc) is 3.14. The third-order valence-corrected chi connectivity index (χ3v) is 6.16. The van der Waals surface area contributed by atoms with Gasteiger partial charge in [-0.25, -0.2) is 4.98 Å². The maximum Gasteiger partial charge on any atom is 0.254 e. The van der Waals surface area contributed by atoms with Crippen LogP contribution in [-0.2, 0) is 13.2 Å². The van der Waals surface area contributed by atoms with Crippen LogP contribution in [0.15, 0.2) is 52.3 Å². The largest absolute Gasteiger partial charge is 0.486 e. The normalized spacial score (nSPS) is 11.0. The first-order chi connectivity index (χ1) is 13.8. The van der Waals surface area contributed by atoms with Gasteiger partial charge in [-0.3, -0.25) is 4.79 Å². The van der Waals surface area contributed by atoms with Crippen LogP contribution in [0.25, 0.3) is 0 Å². The first-order valence-electron chi connectivity index (χ1n) is 9.54. The second kappa shape index (κ2) is 9.55. The van der Waals surface area contributed by atoms with Gasteiger partial charge in [-0.1, -0.05) is 34.1 Å². The van der Waals surface area contributed by atoms with Crippen molar-refractivity contribution in [1.29, 1.82) is 0 Å². The molecule has 29 heavy (non-hydrogen) atoms. The van der Waals surface area contributed by atoms with Crippen molar-refractivity contribution in [3.63, 3.8) is 0 Å². The molecule has 3 rings (SSSR count). The molecule has 0 radical (unpaired) electrons. The summed E-state index contributed by atoms with van der Waals surface area (Å²) in [7, 11) is 0. The molecule has 1 amide bonds. The third-order valence-electron chi connectivity index (χ3n) is 4.79. The predicted octanol–water partition coefficient (Wildman–Crippen LogP) is 6.15. The van der Waals surface area contributed by atoms with Gasteiger partial charge in [0.25, 0.3) is 5.91 Å². The van der Waals surface area contributed by atoms with E-state index in [4.69, 9.17) is 4.74 Å². The highest BCUT2D eigenvalue weighted by atomic mass is 79.9. The molecular weight excluding hydrogens is 448 g/mol. The van der Waals surface area contributed by atoms with Crippen molar-refractivity contribution in [1.82, 2.24) is 9.88 Å². The zero-order valence-electron chi connectivity index (χ0n) is 17.1. The highest BCUT2D eigenvalue weighted by Gasteiger charge is 2.20. The summed E-state index contributed by atoms with van der Waals surface area (Å²) in [4.78, 5) is 19.5. The smallest absolute Gasteiger partial charge is 0.254 e. The fraction of sp³-hybridized carbons (Fsp3) is 0.304. The van der Waals surface area contributed by atoms with E-state index in [9.17, 15) is 4.79 Å². The Balaban J connectivity index is 1.68. The average molecular weight is 473 g/mol. The fourth-order valence-electron chi connectivity index (χ4n) is 2.96. The molecule has 3 aromatic rings. The van der Waals surface area contributed by atoms with Crippen LogP contribution in [0.2, 0.25) is 0 Å². The molecule has 0 atom stereocenters. The van der Waals surface area contributed by atoms with Gasteiger partial charge in [-0.05, 0) is 63.1 Å². The number of aryl methyl sites for hydroxylation is 1. The molecule has 0 aliphatic rings. The van der Waals surface area contributed by atoms with Gasteiger partial charge in [0.2, 0.25) is 0 Å². The van der Waals surface area contributed by atoms with Gasteiger partial charge >= 0.3 is 0 Å². The SMILES string of the molecule is Cc1cccc(OCc2nc(CN(C(=O)c3cccc(Br)c3)C(C)C)cs2)c1C. The van der Waals surface area contributed by atoms with E-state index in [-0.39, 0.29) is 11.9 Å². The Labute approximate surface area is 184 Å². The van der Waals surface area contributed by atoms with E-state index in [1.807, 2.05) is 60.5 Å². The van der Waals surface area contributed by atoms with Gasteiger partial charge in [0, 0.05) is 21.5 Å². The Hall–Kier alpha value is -2.18. The van der Waals surface area contributed by atoms with Crippen LogP contribution in [0, 0.1) is 13.8 Å². The minimum atomic E-state index is 0.00230. The summed E-state index contributed by atoms with van der Waals surface area (Å²) in [6.45, 7) is 9.08. The van der Waals surface area contributed by atoms with Crippen LogP contribution in [0.4, 0.5) is 0 Å². The van der Waals surface area contributed by atoms with Crippen molar-refractivity contribution < 1.29 is 9.53 Å². The summed E-state index contributed by atoms with van der Waals surface area (Å²) >= 11 is 5.00. The molecule has 0 aliphatic carbocycles. The van der Waals surface area contributed by atoms with Crippen molar-refractivity contribution in [2.75, 3.05) is 0 Å². The summed E-state index contributed by atoms with van der Waals surface area (Å²) in [5.74, 6) is 0.887. The van der Waals surface area contributed by atoms with Gasteiger partial charge < -0.3 is 9.64 Å². The minimum Gasteiger partial charge on any atom is -0.486 e. The number of benzene rings is 2. The molecule has 2 aromatic carbocycles. The number of halogens is 1. The van der Waals surface area contributed by atoms with E-state index >= 15 is 0 Å². The number of amides is 1. The molecule has 0 aliphatic heterocycles. The van der Waals surface area contributed by atoms with E-state index in [0.29, 0.717) is 18.7 Å². The zero-order valence-corrected chi connectivity index (χ0v) is 19.5. The third kappa shape index (κ3) is 5.46. The van der Waals surface area contributed by atoms with Gasteiger partial charge in [0.15, 0.2) is 0 Å². The highest BCUT2D eigenvalue weighted by molar-refractivity contribution is 9.10. The first-order valence-corrected chi connectivity index (χ1v) is 11.2. The molecule has 4 nitrogen and oxygen atoms in total. The van der Waals surface area contributed by atoms with Crippen molar-refractivity contribution in [3.05, 3.63) is 79.7 Å². The number of thiazole rings is 1. The first kappa shape index (κ1) is 21.5. The Morgan fingerprint density at radius 2 is 1.97 bits per heavy atom. The number of ether oxygens (including phenoxy) is 1. The molecule has 1 aromatic heterocycles. The summed E-state index contributed by atoms with van der Waals surface area (Å²) in [5, 5.41) is 2.91. The Morgan fingerprint density at radius 3 is 2.69 bits per heavy atom. The van der Waals surface area contributed by atoms with Gasteiger partial charge in [-0.15, -0.1) is 11.3 Å². The topological polar surface area (TPSA) is 42.4 Å². The van der Waals surface area contributed by atoms with E-state index in [2.05, 4.69) is 40.8 Å². The van der Waals surface area contributed by atoms with Crippen LogP contribution >= 0.6 is 27.3 Å². The number of aromatic nitrogens is 1. The molecule has 0 bridgehead atoms. The molecule has 0 unspecified atom stereocenters. The fourth-order valence-corrected chi connectivity index (χ4v) is 4.05. The Bertz CT molecular complexity index is 1000. The summed E-state index contributed by atoms with van der Waals surface area (Å²) in [5.41, 5.74) is 3.91. The van der Waals surface area contributed by atoms with Crippen molar-refractivity contribution in [2.45, 2.75) is 46.9 Å². The van der Waals surface area contributed by atoms with Gasteiger partial charge in [0.05, 0.1) is 12.2 Å². The lowest BCUT2D eigenvalue weighted by Gasteiger charge is -2.26. The van der Waals surface area contributed by atoms with Crippen LogP contribution in [-0.4, -0.2) is 21.8 Å². The lowest BCUT2D eigenvalue weighted by atomic mass is 10.1. The van der Waals surface area contributed by atoms with Crippen LogP contribution in [0.5, 0.6) is 5.75 Å². The Morgan fingerprint density at radius 1 is 1.21 bits per heavy atom. The maximum absolute atomic E-state index is 13.0. The molecule has 0 fully saturated rings. The standard InChI is InChI=1S/C23H25BrN2O2S/c1-15(2)26(23(27)18-8-6-9-19(24)11-18)12-20-14-29-22(25-20)13-28-21-10-5-7-16(3)17(21)4/h5-11,14-15H,12-13H2,1-4H3. The number of hydrogen-bond acceptors (Lipinski definition) is 4. The second-order valence-electron chi connectivity index (χ2n) is 7.26. The van der Waals surface area contributed by atoms with E-state index < -0.39 is 0 Å². The molecule has 0 N–H and O–H groups in total. The number of nitrogens with zero attached hydrogens (tertiary/aromatic N) is 2. The number of carbonyl (C=O) groups excluding carboxylic acids is 1. The van der Waals surface area contributed by atoms with Crippen molar-refractivity contribution in [3.8, 4) is 5.75 Å². The summed E-state index contributed by atoms with van der Waals surface area (Å²) < 4.78 is 6.86.